The molecule has 32 heavy (non-hydrogen) atoms. The summed E-state index contributed by atoms with van der Waals surface area (Å²) in [5.41, 5.74) is 4.61. The molecule has 3 atom stereocenters. The van der Waals surface area contributed by atoms with Crippen molar-refractivity contribution in [2.75, 3.05) is 36.6 Å². The van der Waals surface area contributed by atoms with Crippen molar-refractivity contribution in [1.82, 2.24) is 15.3 Å². The molecule has 1 aromatic carbocycles. The first kappa shape index (κ1) is 22.4. The highest BCUT2D eigenvalue weighted by molar-refractivity contribution is 7.13. The maximum Gasteiger partial charge on any atom is 0.311 e. The SMILES string of the molecule is CCOC(=O)Cc1csc(NC(=O)C2CN(CC)CC3C(=O)N(c4ccccc4)NC23)n1. The molecule has 2 aliphatic heterocycles. The van der Waals surface area contributed by atoms with E-state index in [1.54, 1.807) is 17.3 Å². The zero-order valence-electron chi connectivity index (χ0n) is 18.1. The van der Waals surface area contributed by atoms with Crippen molar-refractivity contribution >= 4 is 39.9 Å². The normalized spacial score (nSPS) is 23.1. The lowest BCUT2D eigenvalue weighted by Gasteiger charge is -2.37. The van der Waals surface area contributed by atoms with Crippen LogP contribution in [0.4, 0.5) is 10.8 Å². The molecular formula is C22H27N5O4S. The fourth-order valence-electron chi connectivity index (χ4n) is 4.22. The average Bonchev–Trinajstić information content (AvgIpc) is 3.37. The third kappa shape index (κ3) is 4.67. The van der Waals surface area contributed by atoms with Crippen LogP contribution in [-0.4, -0.2) is 60.0 Å². The number of anilines is 2. The monoisotopic (exact) mass is 457 g/mol. The first-order chi connectivity index (χ1) is 15.5. The Balaban J connectivity index is 1.48. The van der Waals surface area contributed by atoms with E-state index in [0.717, 1.165) is 12.2 Å². The highest BCUT2D eigenvalue weighted by Gasteiger charge is 2.50. The molecule has 3 heterocycles. The smallest absolute Gasteiger partial charge is 0.311 e. The Kier molecular flexibility index (Phi) is 6.83. The Morgan fingerprint density at radius 3 is 2.75 bits per heavy atom. The molecule has 1 aromatic heterocycles. The van der Waals surface area contributed by atoms with Crippen LogP contribution < -0.4 is 15.8 Å². The lowest BCUT2D eigenvalue weighted by molar-refractivity contribution is -0.142. The van der Waals surface area contributed by atoms with Gasteiger partial charge in [-0.05, 0) is 25.6 Å². The van der Waals surface area contributed by atoms with Gasteiger partial charge < -0.3 is 15.0 Å². The fourth-order valence-corrected chi connectivity index (χ4v) is 4.93. The molecule has 3 unspecified atom stereocenters. The third-order valence-corrected chi connectivity index (χ3v) is 6.61. The predicted molar refractivity (Wildman–Crippen MR) is 121 cm³/mol. The van der Waals surface area contributed by atoms with Gasteiger partial charge in [-0.15, -0.1) is 11.3 Å². The van der Waals surface area contributed by atoms with E-state index in [-0.39, 0.29) is 36.2 Å². The maximum atomic E-state index is 13.2. The lowest BCUT2D eigenvalue weighted by atomic mass is 9.84. The van der Waals surface area contributed by atoms with E-state index >= 15 is 0 Å². The molecular weight excluding hydrogens is 430 g/mol. The first-order valence-corrected chi connectivity index (χ1v) is 11.7. The summed E-state index contributed by atoms with van der Waals surface area (Å²) in [5, 5.41) is 6.62. The molecule has 0 saturated carbocycles. The van der Waals surface area contributed by atoms with Gasteiger partial charge in [-0.2, -0.15) is 0 Å². The van der Waals surface area contributed by atoms with Crippen LogP contribution in [0.15, 0.2) is 35.7 Å². The molecule has 10 heteroatoms. The van der Waals surface area contributed by atoms with Gasteiger partial charge in [0.05, 0.1) is 42.3 Å². The number of aromatic nitrogens is 1. The van der Waals surface area contributed by atoms with E-state index in [2.05, 4.69) is 20.6 Å². The summed E-state index contributed by atoms with van der Waals surface area (Å²) >= 11 is 1.27. The number of piperidine rings is 1. The van der Waals surface area contributed by atoms with Crippen molar-refractivity contribution in [1.29, 1.82) is 0 Å². The Morgan fingerprint density at radius 2 is 2.03 bits per heavy atom. The number of rotatable bonds is 7. The number of thiazole rings is 1. The molecule has 170 valence electrons. The zero-order chi connectivity index (χ0) is 22.7. The van der Waals surface area contributed by atoms with E-state index in [4.69, 9.17) is 4.74 Å². The number of hydrogen-bond donors (Lipinski definition) is 2. The number of carbonyl (C=O) groups excluding carboxylic acids is 3. The highest BCUT2D eigenvalue weighted by Crippen LogP contribution is 2.32. The van der Waals surface area contributed by atoms with E-state index in [1.807, 2.05) is 37.3 Å². The average molecular weight is 458 g/mol. The van der Waals surface area contributed by atoms with E-state index < -0.39 is 5.92 Å². The van der Waals surface area contributed by atoms with Crippen LogP contribution >= 0.6 is 11.3 Å². The van der Waals surface area contributed by atoms with Crippen LogP contribution in [0, 0.1) is 11.8 Å². The fraction of sp³-hybridized carbons (Fsp3) is 0.455. The molecule has 2 N–H and O–H groups in total. The summed E-state index contributed by atoms with van der Waals surface area (Å²) in [6, 6.07) is 9.10. The number of nitrogens with zero attached hydrogens (tertiary/aromatic N) is 3. The number of nitrogens with one attached hydrogen (secondary N) is 2. The summed E-state index contributed by atoms with van der Waals surface area (Å²) in [7, 11) is 0. The number of esters is 1. The molecule has 0 aliphatic carbocycles. The second kappa shape index (κ2) is 9.76. The van der Waals surface area contributed by atoms with Crippen LogP contribution in [-0.2, 0) is 25.5 Å². The highest BCUT2D eigenvalue weighted by atomic mass is 32.1. The van der Waals surface area contributed by atoms with Crippen molar-refractivity contribution in [2.24, 2.45) is 11.8 Å². The second-order valence-electron chi connectivity index (χ2n) is 7.84. The molecule has 2 saturated heterocycles. The zero-order valence-corrected chi connectivity index (χ0v) is 18.9. The topological polar surface area (TPSA) is 104 Å². The second-order valence-corrected chi connectivity index (χ2v) is 8.70. The summed E-state index contributed by atoms with van der Waals surface area (Å²) in [6.45, 7) is 6.01. The molecule has 0 bridgehead atoms. The quantitative estimate of drug-likeness (QED) is 0.610. The van der Waals surface area contributed by atoms with Crippen molar-refractivity contribution in [3.05, 3.63) is 41.4 Å². The number of fused-ring (bicyclic) bond motifs is 1. The Labute approximate surface area is 190 Å². The van der Waals surface area contributed by atoms with Crippen molar-refractivity contribution < 1.29 is 19.1 Å². The Hall–Kier alpha value is -2.82. The van der Waals surface area contributed by atoms with Gasteiger partial charge in [-0.25, -0.2) is 15.4 Å². The van der Waals surface area contributed by atoms with E-state index in [0.29, 0.717) is 30.5 Å². The molecule has 2 amide bonds. The Bertz CT molecular complexity index is 982. The summed E-state index contributed by atoms with van der Waals surface area (Å²) < 4.78 is 4.95. The van der Waals surface area contributed by atoms with Crippen LogP contribution in [0.2, 0.25) is 0 Å². The minimum absolute atomic E-state index is 0.0249. The van der Waals surface area contributed by atoms with Gasteiger partial charge in [-0.3, -0.25) is 14.4 Å². The number of likely N-dealkylation sites (tertiary alicyclic amines) is 1. The Morgan fingerprint density at radius 1 is 1.25 bits per heavy atom. The first-order valence-electron chi connectivity index (χ1n) is 10.8. The summed E-state index contributed by atoms with van der Waals surface area (Å²) in [5.74, 6) is -1.30. The predicted octanol–water partition coefficient (Wildman–Crippen LogP) is 1.68. The van der Waals surface area contributed by atoms with Crippen molar-refractivity contribution in [3.63, 3.8) is 0 Å². The van der Waals surface area contributed by atoms with Gasteiger partial charge >= 0.3 is 5.97 Å². The molecule has 2 aromatic rings. The molecule has 0 radical (unpaired) electrons. The minimum atomic E-state index is -0.427. The number of carbonyl (C=O) groups is 3. The standard InChI is InChI=1S/C22H27N5O4S/c1-3-26-11-16(20(29)24-22-23-14(13-32-22)10-18(28)31-4-2)19-17(12-26)21(30)27(25-19)15-8-6-5-7-9-15/h5-9,13,16-17,19,25H,3-4,10-12H2,1-2H3,(H,23,24,29). The van der Waals surface area contributed by atoms with Gasteiger partial charge in [0.1, 0.15) is 0 Å². The largest absolute Gasteiger partial charge is 0.466 e. The molecule has 0 spiro atoms. The van der Waals surface area contributed by atoms with Crippen LogP contribution in [0.25, 0.3) is 0 Å². The van der Waals surface area contributed by atoms with Gasteiger partial charge in [0.25, 0.3) is 0 Å². The molecule has 2 fully saturated rings. The number of hydrazine groups is 1. The summed E-state index contributed by atoms with van der Waals surface area (Å²) in [6.07, 6.45) is 0.0695. The number of amides is 2. The van der Waals surface area contributed by atoms with Crippen LogP contribution in [0.3, 0.4) is 0 Å². The molecule has 4 rings (SSSR count). The maximum absolute atomic E-state index is 13.2. The van der Waals surface area contributed by atoms with Gasteiger partial charge in [0.15, 0.2) is 5.13 Å². The van der Waals surface area contributed by atoms with Crippen LogP contribution in [0.5, 0.6) is 0 Å². The van der Waals surface area contributed by atoms with Gasteiger partial charge in [-0.1, -0.05) is 25.1 Å². The van der Waals surface area contributed by atoms with Gasteiger partial charge in [0.2, 0.25) is 11.8 Å². The summed E-state index contributed by atoms with van der Waals surface area (Å²) in [4.78, 5) is 44.5. The molecule has 2 aliphatic rings. The van der Waals surface area contributed by atoms with Crippen molar-refractivity contribution in [2.45, 2.75) is 26.3 Å². The molecule has 9 nitrogen and oxygen atoms in total. The number of hydrogen-bond acceptors (Lipinski definition) is 8. The van der Waals surface area contributed by atoms with Crippen LogP contribution in [0.1, 0.15) is 19.5 Å². The third-order valence-electron chi connectivity index (χ3n) is 5.80. The number of para-hydroxylation sites is 1. The minimum Gasteiger partial charge on any atom is -0.466 e. The van der Waals surface area contributed by atoms with E-state index in [1.165, 1.54) is 11.3 Å². The number of ether oxygens (including phenoxy) is 1. The van der Waals surface area contributed by atoms with Crippen molar-refractivity contribution in [3.8, 4) is 0 Å². The number of benzene rings is 1. The lowest BCUT2D eigenvalue weighted by Crippen LogP contribution is -2.55. The van der Waals surface area contributed by atoms with Gasteiger partial charge in [0, 0.05) is 18.5 Å². The van der Waals surface area contributed by atoms with E-state index in [9.17, 15) is 14.4 Å².